The summed E-state index contributed by atoms with van der Waals surface area (Å²) in [5, 5.41) is 3.39. The average Bonchev–Trinajstić information content (AvgIpc) is 2.45. The van der Waals surface area contributed by atoms with E-state index >= 15 is 0 Å². The number of hydrogen-bond donors (Lipinski definition) is 1. The van der Waals surface area contributed by atoms with Crippen molar-refractivity contribution in [3.63, 3.8) is 0 Å². The Balaban J connectivity index is 2.14. The van der Waals surface area contributed by atoms with E-state index in [0.29, 0.717) is 13.2 Å². The first-order valence-electron chi connectivity index (χ1n) is 7.23. The van der Waals surface area contributed by atoms with Crippen molar-refractivity contribution in [2.45, 2.75) is 39.7 Å². The molecule has 0 aliphatic rings. The summed E-state index contributed by atoms with van der Waals surface area (Å²) in [7, 11) is 0. The summed E-state index contributed by atoms with van der Waals surface area (Å²) in [6.07, 6.45) is 2.16. The topological polar surface area (TPSA) is 39.7 Å². The fourth-order valence-corrected chi connectivity index (χ4v) is 2.57. The molecule has 1 aromatic carbocycles. The number of anilines is 1. The van der Waals surface area contributed by atoms with Crippen LogP contribution in [-0.2, 0) is 24.3 Å². The maximum absolute atomic E-state index is 5.74. The third kappa shape index (κ3) is 7.75. The second kappa shape index (κ2) is 11.0. The quantitative estimate of drug-likeness (QED) is 0.499. The molecule has 0 bridgehead atoms. The summed E-state index contributed by atoms with van der Waals surface area (Å²) in [5.41, 5.74) is 1.16. The zero-order chi connectivity index (χ0) is 14.6. The van der Waals surface area contributed by atoms with Crippen molar-refractivity contribution in [1.29, 1.82) is 0 Å². The lowest BCUT2D eigenvalue weighted by Crippen LogP contribution is -2.21. The van der Waals surface area contributed by atoms with Crippen molar-refractivity contribution in [2.24, 2.45) is 0 Å². The first-order chi connectivity index (χ1) is 9.76. The molecule has 4 nitrogen and oxygen atoms in total. The summed E-state index contributed by atoms with van der Waals surface area (Å²) in [4.78, 5) is 0. The zero-order valence-corrected chi connectivity index (χ0v) is 13.4. The summed E-state index contributed by atoms with van der Waals surface area (Å²) >= 11 is -0.816. The van der Waals surface area contributed by atoms with Gasteiger partial charge in [-0.15, -0.1) is 12.5 Å². The van der Waals surface area contributed by atoms with Gasteiger partial charge in [-0.25, -0.2) is 0 Å². The van der Waals surface area contributed by atoms with Crippen LogP contribution in [0.25, 0.3) is 0 Å². The summed E-state index contributed by atoms with van der Waals surface area (Å²) < 4.78 is 16.5. The van der Waals surface area contributed by atoms with E-state index in [1.807, 2.05) is 32.0 Å². The lowest BCUT2D eigenvalue weighted by atomic mass is 10.2. The van der Waals surface area contributed by atoms with Crippen LogP contribution in [0.3, 0.4) is 0 Å². The maximum atomic E-state index is 5.74. The second-order valence-corrected chi connectivity index (χ2v) is 5.43. The van der Waals surface area contributed by atoms with Gasteiger partial charge in [0, 0.05) is 12.2 Å². The van der Waals surface area contributed by atoms with Gasteiger partial charge in [0.15, 0.2) is 0 Å². The van der Waals surface area contributed by atoms with Gasteiger partial charge in [0.2, 0.25) is 0 Å². The SMILES string of the molecule is CCO[S+](OCC)OC(C)CCCNc1ccccc1. The smallest absolute Gasteiger partial charge is 0.385 e. The van der Waals surface area contributed by atoms with Gasteiger partial charge in [-0.2, -0.15) is 0 Å². The molecule has 0 spiro atoms. The minimum absolute atomic E-state index is 0.133. The second-order valence-electron chi connectivity index (χ2n) is 4.36. The van der Waals surface area contributed by atoms with Crippen molar-refractivity contribution in [1.82, 2.24) is 0 Å². The van der Waals surface area contributed by atoms with Crippen LogP contribution in [0.5, 0.6) is 0 Å². The van der Waals surface area contributed by atoms with Gasteiger partial charge in [0.05, 0.1) is 0 Å². The largest absolute Gasteiger partial charge is 0.508 e. The maximum Gasteiger partial charge on any atom is 0.508 e. The fraction of sp³-hybridized carbons (Fsp3) is 0.600. The molecule has 5 heteroatoms. The van der Waals surface area contributed by atoms with Crippen LogP contribution in [0.4, 0.5) is 5.69 Å². The lowest BCUT2D eigenvalue weighted by Gasteiger charge is -2.10. The first-order valence-corrected chi connectivity index (χ1v) is 8.23. The van der Waals surface area contributed by atoms with E-state index in [4.69, 9.17) is 12.5 Å². The van der Waals surface area contributed by atoms with Crippen LogP contribution in [0.1, 0.15) is 33.6 Å². The Morgan fingerprint density at radius 3 is 2.35 bits per heavy atom. The van der Waals surface area contributed by atoms with Crippen molar-refractivity contribution < 1.29 is 12.5 Å². The number of hydrogen-bond acceptors (Lipinski definition) is 4. The highest BCUT2D eigenvalue weighted by atomic mass is 32.3. The Kier molecular flexibility index (Phi) is 9.49. The van der Waals surface area contributed by atoms with E-state index in [0.717, 1.165) is 25.1 Å². The van der Waals surface area contributed by atoms with Crippen LogP contribution in [0.15, 0.2) is 30.3 Å². The Morgan fingerprint density at radius 2 is 1.75 bits per heavy atom. The molecule has 0 heterocycles. The van der Waals surface area contributed by atoms with Gasteiger partial charge >= 0.3 is 11.7 Å². The van der Waals surface area contributed by atoms with Crippen molar-refractivity contribution in [2.75, 3.05) is 25.1 Å². The van der Waals surface area contributed by atoms with E-state index in [1.165, 1.54) is 0 Å². The molecule has 0 radical (unpaired) electrons. The lowest BCUT2D eigenvalue weighted by molar-refractivity contribution is 0.145. The highest BCUT2D eigenvalue weighted by Gasteiger charge is 2.28. The molecule has 0 amide bonds. The molecule has 0 aliphatic carbocycles. The number of rotatable bonds is 11. The molecule has 0 fully saturated rings. The third-order valence-electron chi connectivity index (χ3n) is 2.56. The standard InChI is InChI=1S/C15H26NO3S/c1-4-17-20(18-5-2)19-14(3)10-9-13-16-15-11-7-6-8-12-15/h6-8,11-12,14,16H,4-5,9-10,13H2,1-3H3/q+1. The molecule has 1 unspecified atom stereocenters. The van der Waals surface area contributed by atoms with E-state index in [2.05, 4.69) is 24.4 Å². The Morgan fingerprint density at radius 1 is 1.10 bits per heavy atom. The predicted octanol–water partition coefficient (Wildman–Crippen LogP) is 3.72. The van der Waals surface area contributed by atoms with Gasteiger partial charge in [0.1, 0.15) is 19.3 Å². The minimum atomic E-state index is -0.816. The number of nitrogens with one attached hydrogen (secondary N) is 1. The van der Waals surface area contributed by atoms with Crippen molar-refractivity contribution >= 4 is 17.4 Å². The van der Waals surface area contributed by atoms with Crippen LogP contribution in [0, 0.1) is 0 Å². The highest BCUT2D eigenvalue weighted by Crippen LogP contribution is 2.12. The summed E-state index contributed by atoms with van der Waals surface area (Å²) in [6.45, 7) is 8.08. The van der Waals surface area contributed by atoms with Crippen LogP contribution < -0.4 is 5.32 Å². The molecule has 0 aliphatic heterocycles. The summed E-state index contributed by atoms with van der Waals surface area (Å²) in [5.74, 6) is 0. The van der Waals surface area contributed by atoms with E-state index < -0.39 is 11.7 Å². The molecule has 1 rings (SSSR count). The Hall–Kier alpha value is -0.750. The predicted molar refractivity (Wildman–Crippen MR) is 85.3 cm³/mol. The molecular formula is C15H26NO3S+. The number of para-hydroxylation sites is 1. The van der Waals surface area contributed by atoms with E-state index in [-0.39, 0.29) is 6.10 Å². The molecule has 1 aromatic rings. The molecule has 20 heavy (non-hydrogen) atoms. The molecule has 1 atom stereocenters. The molecule has 0 aromatic heterocycles. The van der Waals surface area contributed by atoms with Crippen molar-refractivity contribution in [3.05, 3.63) is 30.3 Å². The Labute approximate surface area is 125 Å². The van der Waals surface area contributed by atoms with Gasteiger partial charge in [-0.05, 0) is 45.7 Å². The van der Waals surface area contributed by atoms with Crippen LogP contribution in [0.2, 0.25) is 0 Å². The minimum Gasteiger partial charge on any atom is -0.385 e. The first kappa shape index (κ1) is 17.3. The summed E-state index contributed by atoms with van der Waals surface area (Å²) in [6, 6.07) is 10.2. The van der Waals surface area contributed by atoms with Crippen LogP contribution in [-0.4, -0.2) is 25.9 Å². The Bertz CT molecular complexity index is 331. The fourth-order valence-electron chi connectivity index (χ4n) is 1.64. The van der Waals surface area contributed by atoms with Gasteiger partial charge < -0.3 is 5.32 Å². The third-order valence-corrected chi connectivity index (χ3v) is 3.90. The molecule has 0 saturated heterocycles. The average molecular weight is 300 g/mol. The zero-order valence-electron chi connectivity index (χ0n) is 12.6. The molecule has 1 N–H and O–H groups in total. The van der Waals surface area contributed by atoms with Gasteiger partial charge in [0.25, 0.3) is 0 Å². The van der Waals surface area contributed by atoms with Gasteiger partial charge in [-0.3, -0.25) is 0 Å². The van der Waals surface area contributed by atoms with E-state index in [1.54, 1.807) is 0 Å². The normalized spacial score (nSPS) is 12.6. The molecule has 0 saturated carbocycles. The van der Waals surface area contributed by atoms with Crippen molar-refractivity contribution in [3.8, 4) is 0 Å². The van der Waals surface area contributed by atoms with Crippen LogP contribution >= 0.6 is 0 Å². The monoisotopic (exact) mass is 300 g/mol. The van der Waals surface area contributed by atoms with Gasteiger partial charge in [-0.1, -0.05) is 18.2 Å². The number of benzene rings is 1. The highest BCUT2D eigenvalue weighted by molar-refractivity contribution is 7.82. The molecular weight excluding hydrogens is 274 g/mol. The van der Waals surface area contributed by atoms with E-state index in [9.17, 15) is 0 Å². The molecule has 114 valence electrons.